The minimum absolute atomic E-state index is 0.185. The fraction of sp³-hybridized carbons (Fsp3) is 0.222. The van der Waals surface area contributed by atoms with E-state index < -0.39 is 6.04 Å². The SMILES string of the molecule is O=C1C[C@H]([NH2+]CCc2ccc(F)cc2)C(=O)N1c1ccc(Cl)cc1. The zero-order valence-corrected chi connectivity index (χ0v) is 13.7. The van der Waals surface area contributed by atoms with Crippen molar-refractivity contribution in [3.05, 3.63) is 64.9 Å². The third kappa shape index (κ3) is 3.63. The molecular formula is C18H17ClFN2O2+. The van der Waals surface area contributed by atoms with Gasteiger partial charge in [0.1, 0.15) is 5.82 Å². The number of halogens is 2. The molecule has 2 aromatic rings. The van der Waals surface area contributed by atoms with E-state index in [2.05, 4.69) is 0 Å². The number of amides is 2. The number of imide groups is 1. The molecule has 1 atom stereocenters. The summed E-state index contributed by atoms with van der Waals surface area (Å²) in [5, 5.41) is 2.43. The quantitative estimate of drug-likeness (QED) is 0.840. The Morgan fingerprint density at radius 1 is 1.08 bits per heavy atom. The second kappa shape index (κ2) is 7.11. The number of hydrogen-bond acceptors (Lipinski definition) is 2. The van der Waals surface area contributed by atoms with E-state index in [1.165, 1.54) is 17.0 Å². The molecule has 6 heteroatoms. The minimum Gasteiger partial charge on any atom is -0.335 e. The highest BCUT2D eigenvalue weighted by atomic mass is 35.5. The van der Waals surface area contributed by atoms with Crippen molar-refractivity contribution in [2.75, 3.05) is 11.4 Å². The summed E-state index contributed by atoms with van der Waals surface area (Å²) in [4.78, 5) is 25.9. The van der Waals surface area contributed by atoms with Gasteiger partial charge < -0.3 is 5.32 Å². The molecule has 1 aliphatic heterocycles. The van der Waals surface area contributed by atoms with Gasteiger partial charge in [0.15, 0.2) is 6.04 Å². The first kappa shape index (κ1) is 16.6. The van der Waals surface area contributed by atoms with Gasteiger partial charge in [0.05, 0.1) is 18.7 Å². The van der Waals surface area contributed by atoms with Crippen LogP contribution in [0.3, 0.4) is 0 Å². The first-order chi connectivity index (χ1) is 11.5. The van der Waals surface area contributed by atoms with Gasteiger partial charge in [-0.3, -0.25) is 9.59 Å². The lowest BCUT2D eigenvalue weighted by Gasteiger charge is -2.14. The highest BCUT2D eigenvalue weighted by Gasteiger charge is 2.41. The molecule has 0 aromatic heterocycles. The summed E-state index contributed by atoms with van der Waals surface area (Å²) in [6.45, 7) is 0.657. The molecule has 124 valence electrons. The topological polar surface area (TPSA) is 54.0 Å². The smallest absolute Gasteiger partial charge is 0.292 e. The third-order valence-electron chi connectivity index (χ3n) is 4.06. The normalized spacial score (nSPS) is 17.6. The Hall–Kier alpha value is -2.24. The highest BCUT2D eigenvalue weighted by Crippen LogP contribution is 2.23. The summed E-state index contributed by atoms with van der Waals surface area (Å²) < 4.78 is 12.9. The van der Waals surface area contributed by atoms with Crippen LogP contribution < -0.4 is 10.2 Å². The molecule has 2 amide bonds. The summed E-state index contributed by atoms with van der Waals surface area (Å²) in [6.07, 6.45) is 0.893. The van der Waals surface area contributed by atoms with Crippen molar-refractivity contribution in [1.29, 1.82) is 0 Å². The summed E-state index contributed by atoms with van der Waals surface area (Å²) in [5.74, 6) is -0.676. The molecule has 0 aliphatic carbocycles. The number of anilines is 1. The average molecular weight is 348 g/mol. The van der Waals surface area contributed by atoms with Gasteiger partial charge in [0.25, 0.3) is 5.91 Å². The molecule has 1 heterocycles. The Kier molecular flexibility index (Phi) is 4.92. The summed E-state index contributed by atoms with van der Waals surface area (Å²) >= 11 is 5.84. The van der Waals surface area contributed by atoms with Crippen LogP contribution in [0.1, 0.15) is 12.0 Å². The minimum atomic E-state index is -0.409. The molecule has 3 rings (SSSR count). The second-order valence-corrected chi connectivity index (χ2v) is 6.19. The lowest BCUT2D eigenvalue weighted by Crippen LogP contribution is -2.92. The fourth-order valence-corrected chi connectivity index (χ4v) is 2.93. The molecule has 1 fully saturated rings. The number of benzene rings is 2. The largest absolute Gasteiger partial charge is 0.335 e. The molecule has 0 unspecified atom stereocenters. The van der Waals surface area contributed by atoms with Crippen LogP contribution in [-0.2, 0) is 16.0 Å². The van der Waals surface area contributed by atoms with Crippen molar-refractivity contribution in [3.8, 4) is 0 Å². The van der Waals surface area contributed by atoms with Crippen LogP contribution in [0.2, 0.25) is 5.02 Å². The molecule has 1 saturated heterocycles. The Morgan fingerprint density at radius 3 is 2.42 bits per heavy atom. The van der Waals surface area contributed by atoms with Crippen molar-refractivity contribution in [1.82, 2.24) is 0 Å². The highest BCUT2D eigenvalue weighted by molar-refractivity contribution is 6.30. The van der Waals surface area contributed by atoms with E-state index in [0.717, 1.165) is 5.56 Å². The molecule has 0 bridgehead atoms. The fourth-order valence-electron chi connectivity index (χ4n) is 2.80. The van der Waals surface area contributed by atoms with Gasteiger partial charge >= 0.3 is 0 Å². The Labute approximate surface area is 144 Å². The molecule has 24 heavy (non-hydrogen) atoms. The van der Waals surface area contributed by atoms with Crippen LogP contribution in [-0.4, -0.2) is 24.4 Å². The van der Waals surface area contributed by atoms with E-state index in [-0.39, 0.29) is 24.1 Å². The zero-order chi connectivity index (χ0) is 17.1. The van der Waals surface area contributed by atoms with Crippen LogP contribution in [0.25, 0.3) is 0 Å². The first-order valence-electron chi connectivity index (χ1n) is 7.75. The molecule has 2 aromatic carbocycles. The third-order valence-corrected chi connectivity index (χ3v) is 4.32. The van der Waals surface area contributed by atoms with Gasteiger partial charge in [0, 0.05) is 11.4 Å². The van der Waals surface area contributed by atoms with Crippen molar-refractivity contribution < 1.29 is 19.3 Å². The van der Waals surface area contributed by atoms with Crippen LogP contribution in [0.5, 0.6) is 0 Å². The monoisotopic (exact) mass is 347 g/mol. The predicted molar refractivity (Wildman–Crippen MR) is 89.2 cm³/mol. The summed E-state index contributed by atoms with van der Waals surface area (Å²) in [5.41, 5.74) is 1.54. The summed E-state index contributed by atoms with van der Waals surface area (Å²) in [7, 11) is 0. The van der Waals surface area contributed by atoms with Gasteiger partial charge in [-0.1, -0.05) is 23.7 Å². The van der Waals surface area contributed by atoms with Gasteiger partial charge in [-0.15, -0.1) is 0 Å². The lowest BCUT2D eigenvalue weighted by atomic mass is 10.1. The molecular weight excluding hydrogens is 331 g/mol. The maximum atomic E-state index is 12.9. The Bertz CT molecular complexity index is 747. The van der Waals surface area contributed by atoms with Crippen LogP contribution in [0, 0.1) is 5.82 Å². The van der Waals surface area contributed by atoms with Gasteiger partial charge in [-0.2, -0.15) is 0 Å². The molecule has 1 aliphatic rings. The number of hydrogen-bond donors (Lipinski definition) is 1. The maximum Gasteiger partial charge on any atom is 0.292 e. The number of nitrogens with two attached hydrogens (primary N) is 1. The number of rotatable bonds is 5. The average Bonchev–Trinajstić information content (AvgIpc) is 2.85. The van der Waals surface area contributed by atoms with Crippen LogP contribution in [0.4, 0.5) is 10.1 Å². The first-order valence-corrected chi connectivity index (χ1v) is 8.12. The van der Waals surface area contributed by atoms with E-state index in [1.807, 2.05) is 5.32 Å². The second-order valence-electron chi connectivity index (χ2n) is 5.76. The van der Waals surface area contributed by atoms with E-state index in [1.54, 1.807) is 36.4 Å². The molecule has 0 radical (unpaired) electrons. The van der Waals surface area contributed by atoms with E-state index in [9.17, 15) is 14.0 Å². The van der Waals surface area contributed by atoms with Gasteiger partial charge in [0.2, 0.25) is 5.91 Å². The number of carbonyl (C=O) groups is 2. The van der Waals surface area contributed by atoms with Crippen molar-refractivity contribution >= 4 is 29.1 Å². The van der Waals surface area contributed by atoms with E-state index in [4.69, 9.17) is 11.6 Å². The number of quaternary nitrogens is 1. The lowest BCUT2D eigenvalue weighted by molar-refractivity contribution is -0.674. The molecule has 0 saturated carbocycles. The maximum absolute atomic E-state index is 12.9. The summed E-state index contributed by atoms with van der Waals surface area (Å²) in [6, 6.07) is 12.5. The van der Waals surface area contributed by atoms with E-state index in [0.29, 0.717) is 23.7 Å². The van der Waals surface area contributed by atoms with E-state index >= 15 is 0 Å². The number of nitrogens with zero attached hydrogens (tertiary/aromatic N) is 1. The Morgan fingerprint density at radius 2 is 1.75 bits per heavy atom. The standard InChI is InChI=1S/C18H16ClFN2O2/c19-13-3-7-15(8-4-13)22-17(23)11-16(18(22)24)21-10-9-12-1-5-14(20)6-2-12/h1-8,16,21H,9-11H2/p+1/t16-/m0/s1. The predicted octanol–water partition coefficient (Wildman–Crippen LogP) is 1.92. The van der Waals surface area contributed by atoms with Crippen LogP contribution >= 0.6 is 11.6 Å². The zero-order valence-electron chi connectivity index (χ0n) is 12.9. The molecule has 4 nitrogen and oxygen atoms in total. The molecule has 0 spiro atoms. The molecule has 2 N–H and O–H groups in total. The van der Waals surface area contributed by atoms with Crippen molar-refractivity contribution in [2.45, 2.75) is 18.9 Å². The van der Waals surface area contributed by atoms with Crippen molar-refractivity contribution in [3.63, 3.8) is 0 Å². The van der Waals surface area contributed by atoms with Gasteiger partial charge in [-0.05, 0) is 42.0 Å². The van der Waals surface area contributed by atoms with Crippen molar-refractivity contribution in [2.24, 2.45) is 0 Å². The Balaban J connectivity index is 1.59. The number of carbonyl (C=O) groups excluding carboxylic acids is 2. The van der Waals surface area contributed by atoms with Gasteiger partial charge in [-0.25, -0.2) is 9.29 Å². The van der Waals surface area contributed by atoms with Crippen LogP contribution in [0.15, 0.2) is 48.5 Å².